The highest BCUT2D eigenvalue weighted by Gasteiger charge is 2.26. The van der Waals surface area contributed by atoms with E-state index in [0.29, 0.717) is 19.3 Å². The Morgan fingerprint density at radius 3 is 2.78 bits per heavy atom. The first-order valence-corrected chi connectivity index (χ1v) is 6.90. The van der Waals surface area contributed by atoms with Crippen molar-refractivity contribution in [3.05, 3.63) is 22.8 Å². The number of benzene rings is 1. The predicted molar refractivity (Wildman–Crippen MR) is 71.5 cm³/mol. The second-order valence-corrected chi connectivity index (χ2v) is 5.26. The average Bonchev–Trinajstić information content (AvgIpc) is 2.41. The maximum absolute atomic E-state index is 5.88. The van der Waals surface area contributed by atoms with Gasteiger partial charge in [-0.15, -0.1) is 0 Å². The molecule has 2 heterocycles. The van der Waals surface area contributed by atoms with Crippen LogP contribution in [0, 0.1) is 13.8 Å². The molecule has 1 unspecified atom stereocenters. The molecule has 1 aromatic carbocycles. The zero-order chi connectivity index (χ0) is 12.5. The summed E-state index contributed by atoms with van der Waals surface area (Å²) in [6.45, 7) is 6.77. The minimum absolute atomic E-state index is 0.425. The molecule has 0 saturated carbocycles. The molecule has 0 spiro atoms. The van der Waals surface area contributed by atoms with Crippen LogP contribution in [-0.4, -0.2) is 19.8 Å². The molecule has 0 bridgehead atoms. The third-order valence-corrected chi connectivity index (χ3v) is 4.06. The summed E-state index contributed by atoms with van der Waals surface area (Å²) in [7, 11) is 0. The Hall–Kier alpha value is -1.22. The van der Waals surface area contributed by atoms with Gasteiger partial charge in [0.05, 0.1) is 0 Å². The quantitative estimate of drug-likeness (QED) is 0.827. The third-order valence-electron chi connectivity index (χ3n) is 4.06. The Labute approximate surface area is 108 Å². The van der Waals surface area contributed by atoms with Crippen LogP contribution in [0.25, 0.3) is 0 Å². The molecule has 3 nitrogen and oxygen atoms in total. The van der Waals surface area contributed by atoms with E-state index in [1.165, 1.54) is 36.0 Å². The number of piperidine rings is 1. The summed E-state index contributed by atoms with van der Waals surface area (Å²) >= 11 is 0. The van der Waals surface area contributed by atoms with Crippen molar-refractivity contribution in [2.45, 2.75) is 39.2 Å². The maximum atomic E-state index is 5.88. The van der Waals surface area contributed by atoms with Gasteiger partial charge in [0, 0.05) is 11.6 Å². The smallest absolute Gasteiger partial charge is 0.166 e. The predicted octanol–water partition coefficient (Wildman–Crippen LogP) is 2.89. The highest BCUT2D eigenvalue weighted by atomic mass is 16.6. The number of rotatable bonds is 1. The first-order chi connectivity index (χ1) is 8.77. The molecule has 98 valence electrons. The molecule has 0 amide bonds. The fourth-order valence-electron chi connectivity index (χ4n) is 2.96. The van der Waals surface area contributed by atoms with E-state index in [1.807, 2.05) is 0 Å². The number of ether oxygens (including phenoxy) is 2. The van der Waals surface area contributed by atoms with E-state index in [9.17, 15) is 0 Å². The van der Waals surface area contributed by atoms with Crippen LogP contribution < -0.4 is 14.8 Å². The molecule has 0 aromatic heterocycles. The molecule has 18 heavy (non-hydrogen) atoms. The van der Waals surface area contributed by atoms with E-state index in [2.05, 4.69) is 25.2 Å². The van der Waals surface area contributed by atoms with Gasteiger partial charge in [-0.25, -0.2) is 0 Å². The molecule has 1 aromatic rings. The molecular weight excluding hydrogens is 226 g/mol. The number of fused-ring (bicyclic) bond motifs is 1. The van der Waals surface area contributed by atoms with Crippen LogP contribution in [0.5, 0.6) is 11.5 Å². The molecular formula is C15H21NO2. The van der Waals surface area contributed by atoms with Crippen molar-refractivity contribution >= 4 is 0 Å². The summed E-state index contributed by atoms with van der Waals surface area (Å²) in [6, 6.07) is 2.53. The monoisotopic (exact) mass is 247 g/mol. The summed E-state index contributed by atoms with van der Waals surface area (Å²) in [4.78, 5) is 0. The molecule has 1 saturated heterocycles. The lowest BCUT2D eigenvalue weighted by molar-refractivity contribution is 0.167. The molecule has 0 aliphatic carbocycles. The van der Waals surface area contributed by atoms with Gasteiger partial charge in [-0.2, -0.15) is 0 Å². The molecule has 1 atom stereocenters. The molecule has 0 radical (unpaired) electrons. The summed E-state index contributed by atoms with van der Waals surface area (Å²) in [6.07, 6.45) is 3.77. The normalized spacial score (nSPS) is 22.9. The Kier molecular flexibility index (Phi) is 3.16. The largest absolute Gasteiger partial charge is 0.486 e. The van der Waals surface area contributed by atoms with E-state index in [4.69, 9.17) is 9.47 Å². The topological polar surface area (TPSA) is 30.5 Å². The summed E-state index contributed by atoms with van der Waals surface area (Å²) in [5, 5.41) is 3.62. The van der Waals surface area contributed by atoms with Gasteiger partial charge in [0.25, 0.3) is 0 Å². The van der Waals surface area contributed by atoms with Crippen molar-refractivity contribution in [2.24, 2.45) is 0 Å². The maximum Gasteiger partial charge on any atom is 0.166 e. The summed E-state index contributed by atoms with van der Waals surface area (Å²) < 4.78 is 11.6. The molecule has 3 heteroatoms. The molecule has 1 N–H and O–H groups in total. The van der Waals surface area contributed by atoms with Gasteiger partial charge in [0.15, 0.2) is 11.5 Å². The standard InChI is InChI=1S/C15H21NO2/c1-10-9-13-15(18-8-7-17-13)14(11(10)2)12-5-3-4-6-16-12/h9,12,16H,3-8H2,1-2H3. The van der Waals surface area contributed by atoms with Gasteiger partial charge < -0.3 is 14.8 Å². The van der Waals surface area contributed by atoms with Crippen LogP contribution in [0.1, 0.15) is 42.0 Å². The lowest BCUT2D eigenvalue weighted by Gasteiger charge is -2.30. The van der Waals surface area contributed by atoms with Crippen LogP contribution in [0.4, 0.5) is 0 Å². The summed E-state index contributed by atoms with van der Waals surface area (Å²) in [5.41, 5.74) is 3.96. The average molecular weight is 247 g/mol. The number of hydrogen-bond acceptors (Lipinski definition) is 3. The molecule has 1 fully saturated rings. The summed E-state index contributed by atoms with van der Waals surface area (Å²) in [5.74, 6) is 1.90. The van der Waals surface area contributed by atoms with Crippen LogP contribution in [0.15, 0.2) is 6.07 Å². The van der Waals surface area contributed by atoms with Crippen molar-refractivity contribution in [1.29, 1.82) is 0 Å². The minimum Gasteiger partial charge on any atom is -0.486 e. The Bertz CT molecular complexity index is 450. The molecule has 3 rings (SSSR count). The van der Waals surface area contributed by atoms with Crippen LogP contribution in [0.3, 0.4) is 0 Å². The van der Waals surface area contributed by atoms with Gasteiger partial charge in [-0.3, -0.25) is 0 Å². The fourth-order valence-corrected chi connectivity index (χ4v) is 2.96. The van der Waals surface area contributed by atoms with E-state index in [0.717, 1.165) is 18.0 Å². The first-order valence-electron chi connectivity index (χ1n) is 6.90. The van der Waals surface area contributed by atoms with Crippen molar-refractivity contribution in [3.8, 4) is 11.5 Å². The van der Waals surface area contributed by atoms with E-state index in [-0.39, 0.29) is 0 Å². The Balaban J connectivity index is 2.07. The minimum atomic E-state index is 0.425. The third kappa shape index (κ3) is 1.97. The highest BCUT2D eigenvalue weighted by molar-refractivity contribution is 5.55. The van der Waals surface area contributed by atoms with Gasteiger partial charge in [-0.1, -0.05) is 6.42 Å². The zero-order valence-corrected chi connectivity index (χ0v) is 11.2. The Morgan fingerprint density at radius 2 is 2.00 bits per heavy atom. The van der Waals surface area contributed by atoms with E-state index < -0.39 is 0 Å². The first kappa shape index (κ1) is 11.8. The van der Waals surface area contributed by atoms with Crippen molar-refractivity contribution in [1.82, 2.24) is 5.32 Å². The lowest BCUT2D eigenvalue weighted by atomic mass is 9.90. The number of hydrogen-bond donors (Lipinski definition) is 1. The van der Waals surface area contributed by atoms with Gasteiger partial charge >= 0.3 is 0 Å². The Morgan fingerprint density at radius 1 is 1.17 bits per heavy atom. The molecule has 2 aliphatic rings. The van der Waals surface area contributed by atoms with Gasteiger partial charge in [0.1, 0.15) is 13.2 Å². The van der Waals surface area contributed by atoms with Crippen LogP contribution in [-0.2, 0) is 0 Å². The second-order valence-electron chi connectivity index (χ2n) is 5.26. The fraction of sp³-hybridized carbons (Fsp3) is 0.600. The van der Waals surface area contributed by atoms with Gasteiger partial charge in [0.2, 0.25) is 0 Å². The van der Waals surface area contributed by atoms with Crippen LogP contribution >= 0.6 is 0 Å². The van der Waals surface area contributed by atoms with Crippen molar-refractivity contribution in [2.75, 3.05) is 19.8 Å². The van der Waals surface area contributed by atoms with Crippen molar-refractivity contribution in [3.63, 3.8) is 0 Å². The second kappa shape index (κ2) is 4.81. The lowest BCUT2D eigenvalue weighted by Crippen LogP contribution is -2.29. The van der Waals surface area contributed by atoms with E-state index in [1.54, 1.807) is 0 Å². The zero-order valence-electron chi connectivity index (χ0n) is 11.2. The van der Waals surface area contributed by atoms with Gasteiger partial charge in [-0.05, 0) is 50.4 Å². The SMILES string of the molecule is Cc1cc2c(c(C3CCCCN3)c1C)OCCO2. The number of aryl methyl sites for hydroxylation is 1. The van der Waals surface area contributed by atoms with Crippen LogP contribution in [0.2, 0.25) is 0 Å². The van der Waals surface area contributed by atoms with Crippen molar-refractivity contribution < 1.29 is 9.47 Å². The number of nitrogens with one attached hydrogen (secondary N) is 1. The molecule has 2 aliphatic heterocycles. The highest BCUT2D eigenvalue weighted by Crippen LogP contribution is 2.42. The van der Waals surface area contributed by atoms with E-state index >= 15 is 0 Å².